The molecule has 0 saturated carbocycles. The van der Waals surface area contributed by atoms with E-state index in [1.807, 2.05) is 75.5 Å². The first-order chi connectivity index (χ1) is 12.7. The van der Waals surface area contributed by atoms with Crippen molar-refractivity contribution in [1.29, 1.82) is 0 Å². The van der Waals surface area contributed by atoms with Gasteiger partial charge >= 0.3 is 0 Å². The minimum atomic E-state index is -0.793. The molecule has 8 heteroatoms. The lowest BCUT2D eigenvalue weighted by molar-refractivity contribution is -0.539. The maximum absolute atomic E-state index is 12.8. The van der Waals surface area contributed by atoms with E-state index in [4.69, 9.17) is 0 Å². The van der Waals surface area contributed by atoms with E-state index in [2.05, 4.69) is 16.2 Å². The predicted molar refractivity (Wildman–Crippen MR) is 120 cm³/mol. The Hall–Kier alpha value is -1.06. The quantitative estimate of drug-likeness (QED) is 0.326. The van der Waals surface area contributed by atoms with E-state index >= 15 is 0 Å². The van der Waals surface area contributed by atoms with E-state index in [1.54, 1.807) is 22.7 Å². The minimum Gasteiger partial charge on any atom is -0.715 e. The molecule has 1 atom stereocenters. The van der Waals surface area contributed by atoms with Crippen molar-refractivity contribution in [3.8, 4) is 0 Å². The molecule has 2 aromatic rings. The van der Waals surface area contributed by atoms with Crippen molar-refractivity contribution in [3.63, 3.8) is 0 Å². The van der Waals surface area contributed by atoms with Gasteiger partial charge in [0.05, 0.1) is 28.2 Å². The van der Waals surface area contributed by atoms with Crippen molar-refractivity contribution in [1.82, 2.24) is 5.06 Å². The third kappa shape index (κ3) is 3.02. The summed E-state index contributed by atoms with van der Waals surface area (Å²) in [5.41, 5.74) is 0.194. The molecule has 0 aliphatic carbocycles. The van der Waals surface area contributed by atoms with Crippen molar-refractivity contribution in [2.75, 3.05) is 0 Å². The molecule has 0 fully saturated rings. The van der Waals surface area contributed by atoms with Gasteiger partial charge in [-0.1, -0.05) is 23.9 Å². The van der Waals surface area contributed by atoms with Crippen LogP contribution >= 0.6 is 46.2 Å². The third-order valence-corrected chi connectivity index (χ3v) is 11.0. The highest BCUT2D eigenvalue weighted by Crippen LogP contribution is 2.56. The van der Waals surface area contributed by atoms with Crippen molar-refractivity contribution in [2.45, 2.75) is 43.4 Å². The molecule has 0 spiro atoms. The second-order valence-electron chi connectivity index (χ2n) is 7.50. The van der Waals surface area contributed by atoms with E-state index in [-0.39, 0.29) is 5.84 Å². The second-order valence-corrected chi connectivity index (χ2v) is 12.1. The average Bonchev–Trinajstić information content (AvgIpc) is 3.35. The Balaban J connectivity index is 1.58. The maximum atomic E-state index is 12.8. The van der Waals surface area contributed by atoms with Crippen LogP contribution in [0.15, 0.2) is 40.4 Å². The van der Waals surface area contributed by atoms with Gasteiger partial charge in [-0.05, 0) is 50.8 Å². The molecule has 4 nitrogen and oxygen atoms in total. The van der Waals surface area contributed by atoms with Crippen molar-refractivity contribution < 1.29 is 4.74 Å². The number of rotatable bonds is 3. The summed E-state index contributed by atoms with van der Waals surface area (Å²) >= 11 is 7.28. The molecule has 2 aliphatic rings. The Morgan fingerprint density at radius 2 is 1.78 bits per heavy atom. The van der Waals surface area contributed by atoms with Crippen LogP contribution in [0, 0.1) is 10.4 Å². The number of hydroxylamine groups is 3. The first-order valence-electron chi connectivity index (χ1n) is 8.53. The summed E-state index contributed by atoms with van der Waals surface area (Å²) in [5, 5.41) is 32.9. The molecule has 2 aliphatic heterocycles. The molecular formula is C19H20N2O2S4. The molecule has 0 saturated heterocycles. The lowest BCUT2D eigenvalue weighted by Crippen LogP contribution is -2.52. The molecule has 0 bridgehead atoms. The molecule has 27 heavy (non-hydrogen) atoms. The molecule has 142 valence electrons. The number of amidine groups is 1. The van der Waals surface area contributed by atoms with Gasteiger partial charge in [0.2, 0.25) is 0 Å². The van der Waals surface area contributed by atoms with Gasteiger partial charge in [0.15, 0.2) is 0 Å². The molecule has 0 amide bonds. The van der Waals surface area contributed by atoms with Crippen LogP contribution in [-0.2, 0) is 0 Å². The number of nitrogens with zero attached hydrogens (tertiary/aromatic N) is 2. The zero-order valence-corrected chi connectivity index (χ0v) is 18.7. The van der Waals surface area contributed by atoms with Gasteiger partial charge in [0.25, 0.3) is 10.0 Å². The molecule has 4 rings (SSSR count). The molecule has 1 aromatic heterocycles. The Labute approximate surface area is 175 Å². The smallest absolute Gasteiger partial charge is 0.279 e. The van der Waals surface area contributed by atoms with Gasteiger partial charge in [-0.3, -0.25) is 9.80 Å². The van der Waals surface area contributed by atoms with Gasteiger partial charge in [-0.25, -0.2) is 0 Å². The summed E-state index contributed by atoms with van der Waals surface area (Å²) in [6, 6.07) is 7.76. The van der Waals surface area contributed by atoms with Gasteiger partial charge < -0.3 is 10.4 Å². The fourth-order valence-corrected chi connectivity index (χ4v) is 7.95. The van der Waals surface area contributed by atoms with E-state index < -0.39 is 11.1 Å². The van der Waals surface area contributed by atoms with Gasteiger partial charge in [-0.15, -0.1) is 11.8 Å². The second kappa shape index (κ2) is 6.77. The number of benzene rings is 1. The summed E-state index contributed by atoms with van der Waals surface area (Å²) in [4.78, 5) is 1.23. The first kappa shape index (κ1) is 19.3. The summed E-state index contributed by atoms with van der Waals surface area (Å²) < 4.78 is 2.69. The van der Waals surface area contributed by atoms with E-state index in [9.17, 15) is 10.4 Å². The lowest BCUT2D eigenvalue weighted by Gasteiger charge is -2.39. The minimum absolute atomic E-state index is 0.192. The fraction of sp³-hybridized carbons (Fsp3) is 0.368. The van der Waals surface area contributed by atoms with Crippen LogP contribution in [0.3, 0.4) is 0 Å². The van der Waals surface area contributed by atoms with Crippen LogP contribution in [0.4, 0.5) is 0 Å². The number of hydrogen-bond acceptors (Lipinski definition) is 6. The van der Waals surface area contributed by atoms with Crippen LogP contribution in [0.2, 0.25) is 0 Å². The Morgan fingerprint density at radius 3 is 2.33 bits per heavy atom. The van der Waals surface area contributed by atoms with Crippen LogP contribution in [0.5, 0.6) is 0 Å². The largest absolute Gasteiger partial charge is 0.715 e. The Bertz CT molecular complexity index is 918. The summed E-state index contributed by atoms with van der Waals surface area (Å²) in [7, 11) is 0. The maximum Gasteiger partial charge on any atom is 0.279 e. The van der Waals surface area contributed by atoms with E-state index in [0.717, 1.165) is 15.4 Å². The fourth-order valence-electron chi connectivity index (χ4n) is 2.99. The zero-order chi connectivity index (χ0) is 19.4. The average molecular weight is 437 g/mol. The summed E-state index contributed by atoms with van der Waals surface area (Å²) in [5.74, 6) is 0.192. The summed E-state index contributed by atoms with van der Waals surface area (Å²) in [6.07, 6.45) is 0. The van der Waals surface area contributed by atoms with Crippen LogP contribution in [-0.4, -0.2) is 26.7 Å². The number of thioether (sulfide) groups is 2. The highest BCUT2D eigenvalue weighted by atomic mass is 32.2. The molecule has 0 N–H and O–H groups in total. The van der Waals surface area contributed by atoms with Gasteiger partial charge in [0, 0.05) is 4.91 Å². The van der Waals surface area contributed by atoms with Crippen LogP contribution < -0.4 is 0 Å². The Kier molecular flexibility index (Phi) is 4.83. The Morgan fingerprint density at radius 1 is 1.11 bits per heavy atom. The van der Waals surface area contributed by atoms with Crippen LogP contribution in [0.1, 0.15) is 47.6 Å². The molecule has 1 unspecified atom stereocenters. The lowest BCUT2D eigenvalue weighted by atomic mass is 9.84. The molecule has 1 aromatic carbocycles. The summed E-state index contributed by atoms with van der Waals surface area (Å²) in [6.45, 7) is 7.26. The van der Waals surface area contributed by atoms with Crippen molar-refractivity contribution in [2.24, 2.45) is 0 Å². The third-order valence-electron chi connectivity index (χ3n) is 5.47. The molecule has 3 heterocycles. The topological polar surface area (TPSA) is 52.4 Å². The highest BCUT2D eigenvalue weighted by molar-refractivity contribution is 8.25. The van der Waals surface area contributed by atoms with Crippen molar-refractivity contribution in [3.05, 3.63) is 66.2 Å². The SMILES string of the molecule is CC1(C)N([O-])C(c2ccc(C3=CSC(c4scc[s+]4)S3)cc2)=[N+]([O-])C1(C)C. The molecular weight excluding hydrogens is 416 g/mol. The monoisotopic (exact) mass is 436 g/mol. The van der Waals surface area contributed by atoms with Gasteiger partial charge in [0.1, 0.15) is 26.4 Å². The van der Waals surface area contributed by atoms with Gasteiger partial charge in [-0.2, -0.15) is 0 Å². The standard InChI is InChI=1S/C19H20N2O2S4/c1-18(2)19(3,4)21(23)15(20(18)22)13-7-5-12(6-8-13)14-11-26-17(27-14)16-24-9-10-25-16/h5-11,17H,1-4H3. The zero-order valence-electron chi connectivity index (χ0n) is 15.5. The molecule has 0 radical (unpaired) electrons. The number of hydrogen-bond donors (Lipinski definition) is 0. The van der Waals surface area contributed by atoms with Crippen molar-refractivity contribution >= 4 is 56.9 Å². The van der Waals surface area contributed by atoms with Crippen LogP contribution in [0.25, 0.3) is 4.91 Å². The first-order valence-corrected chi connectivity index (χ1v) is 12.1. The highest BCUT2D eigenvalue weighted by Gasteiger charge is 2.54. The van der Waals surface area contributed by atoms with E-state index in [1.165, 1.54) is 9.10 Å². The predicted octanol–water partition coefficient (Wildman–Crippen LogP) is 6.20. The normalized spacial score (nSPS) is 23.8. The van der Waals surface area contributed by atoms with E-state index in [0.29, 0.717) is 10.1 Å².